The van der Waals surface area contributed by atoms with Gasteiger partial charge in [0.15, 0.2) is 0 Å². The summed E-state index contributed by atoms with van der Waals surface area (Å²) in [6.07, 6.45) is 1.33. The lowest BCUT2D eigenvalue weighted by atomic mass is 10.2. The Hall–Kier alpha value is -2.05. The van der Waals surface area contributed by atoms with Crippen LogP contribution in [0, 0.1) is 0 Å². The molecule has 0 saturated carbocycles. The first kappa shape index (κ1) is 14.9. The first-order valence-electron chi connectivity index (χ1n) is 5.01. The van der Waals surface area contributed by atoms with E-state index in [1.54, 1.807) is 6.08 Å². The zero-order valence-corrected chi connectivity index (χ0v) is 9.82. The second kappa shape index (κ2) is 7.26. The average Bonchev–Trinajstić information content (AvgIpc) is 2.15. The molecule has 1 atom stereocenters. The van der Waals surface area contributed by atoms with Gasteiger partial charge < -0.3 is 21.5 Å². The molecule has 0 heterocycles. The fourth-order valence-electron chi connectivity index (χ4n) is 0.958. The van der Waals surface area contributed by atoms with Crippen LogP contribution in [0.15, 0.2) is 11.6 Å². The first-order chi connectivity index (χ1) is 7.82. The molecule has 96 valence electrons. The summed E-state index contributed by atoms with van der Waals surface area (Å²) < 4.78 is 0. The third kappa shape index (κ3) is 7.83. The number of hydrogen-bond donors (Lipinski definition) is 4. The quantitative estimate of drug-likeness (QED) is 0.473. The molecule has 0 unspecified atom stereocenters. The largest absolute Gasteiger partial charge is 0.480 e. The third-order valence-electron chi connectivity index (χ3n) is 1.78. The van der Waals surface area contributed by atoms with Crippen LogP contribution in [-0.2, 0) is 9.59 Å². The van der Waals surface area contributed by atoms with Crippen molar-refractivity contribution in [1.82, 2.24) is 10.6 Å². The molecule has 0 spiro atoms. The summed E-state index contributed by atoms with van der Waals surface area (Å²) in [5, 5.41) is 13.3. The predicted octanol–water partition coefficient (Wildman–Crippen LogP) is -0.420. The van der Waals surface area contributed by atoms with Gasteiger partial charge in [-0.25, -0.2) is 9.59 Å². The lowest BCUT2D eigenvalue weighted by Gasteiger charge is -2.12. The number of primary amides is 1. The Labute approximate surface area is 99.1 Å². The van der Waals surface area contributed by atoms with Gasteiger partial charge in [-0.05, 0) is 13.8 Å². The van der Waals surface area contributed by atoms with E-state index in [0.29, 0.717) is 0 Å². The summed E-state index contributed by atoms with van der Waals surface area (Å²) >= 11 is 0. The zero-order valence-electron chi connectivity index (χ0n) is 9.82. The normalized spacial score (nSPS) is 11.2. The summed E-state index contributed by atoms with van der Waals surface area (Å²) in [6.45, 7) is 4.02. The molecule has 0 aromatic carbocycles. The fraction of sp³-hybridized carbons (Fsp3) is 0.500. The van der Waals surface area contributed by atoms with Gasteiger partial charge in [0.1, 0.15) is 6.04 Å². The van der Waals surface area contributed by atoms with Crippen LogP contribution < -0.4 is 16.4 Å². The van der Waals surface area contributed by atoms with E-state index in [-0.39, 0.29) is 6.54 Å². The molecule has 0 aliphatic carbocycles. The van der Waals surface area contributed by atoms with Gasteiger partial charge in [-0.2, -0.15) is 0 Å². The van der Waals surface area contributed by atoms with Crippen LogP contribution >= 0.6 is 0 Å². The Balaban J connectivity index is 4.17. The van der Waals surface area contributed by atoms with E-state index in [1.165, 1.54) is 0 Å². The highest BCUT2D eigenvalue weighted by molar-refractivity contribution is 5.87. The number of carbonyl (C=O) groups is 3. The topological polar surface area (TPSA) is 122 Å². The maximum absolute atomic E-state index is 11.3. The van der Waals surface area contributed by atoms with Crippen molar-refractivity contribution in [2.24, 2.45) is 5.73 Å². The number of urea groups is 1. The van der Waals surface area contributed by atoms with Crippen molar-refractivity contribution in [3.8, 4) is 0 Å². The van der Waals surface area contributed by atoms with Gasteiger partial charge in [0.2, 0.25) is 5.91 Å². The van der Waals surface area contributed by atoms with E-state index in [0.717, 1.165) is 5.57 Å². The molecule has 0 bridgehead atoms. The Kier molecular flexibility index (Phi) is 6.39. The van der Waals surface area contributed by atoms with Gasteiger partial charge in [0.05, 0.1) is 6.42 Å². The molecule has 0 aliphatic rings. The van der Waals surface area contributed by atoms with Crippen molar-refractivity contribution in [2.45, 2.75) is 26.3 Å². The zero-order chi connectivity index (χ0) is 13.4. The minimum Gasteiger partial charge on any atom is -0.480 e. The van der Waals surface area contributed by atoms with Gasteiger partial charge in [-0.1, -0.05) is 11.6 Å². The van der Waals surface area contributed by atoms with E-state index in [4.69, 9.17) is 10.8 Å². The van der Waals surface area contributed by atoms with Gasteiger partial charge >= 0.3 is 12.0 Å². The lowest BCUT2D eigenvalue weighted by molar-refractivity contribution is -0.140. The molecule has 7 nitrogen and oxygen atoms in total. The molecular formula is C10H17N3O4. The van der Waals surface area contributed by atoms with Crippen molar-refractivity contribution < 1.29 is 19.5 Å². The molecule has 0 radical (unpaired) electrons. The van der Waals surface area contributed by atoms with Crippen LogP contribution in [0.4, 0.5) is 4.79 Å². The number of nitrogens with one attached hydrogen (secondary N) is 2. The Morgan fingerprint density at radius 3 is 2.35 bits per heavy atom. The van der Waals surface area contributed by atoms with Gasteiger partial charge in [-0.3, -0.25) is 4.79 Å². The van der Waals surface area contributed by atoms with Gasteiger partial charge in [-0.15, -0.1) is 0 Å². The van der Waals surface area contributed by atoms with Crippen molar-refractivity contribution >= 4 is 17.9 Å². The molecule has 0 aromatic rings. The molecule has 0 aromatic heterocycles. The molecule has 0 rings (SSSR count). The maximum atomic E-state index is 11.3. The van der Waals surface area contributed by atoms with E-state index >= 15 is 0 Å². The highest BCUT2D eigenvalue weighted by atomic mass is 16.4. The minimum atomic E-state index is -1.31. The molecule has 7 heteroatoms. The fourth-order valence-corrected chi connectivity index (χ4v) is 0.958. The van der Waals surface area contributed by atoms with E-state index in [9.17, 15) is 14.4 Å². The summed E-state index contributed by atoms with van der Waals surface area (Å²) in [5.74, 6) is -2.09. The number of amides is 3. The molecular weight excluding hydrogens is 226 g/mol. The third-order valence-corrected chi connectivity index (χ3v) is 1.78. The SMILES string of the molecule is CC(C)=CCNC(=O)N[C@@H](CC(N)=O)C(=O)O. The number of carboxylic acids is 1. The average molecular weight is 243 g/mol. The van der Waals surface area contributed by atoms with Crippen LogP contribution in [-0.4, -0.2) is 35.6 Å². The summed E-state index contributed by atoms with van der Waals surface area (Å²) in [6, 6.07) is -1.96. The van der Waals surface area contributed by atoms with E-state index in [1.807, 2.05) is 13.8 Å². The number of rotatable bonds is 6. The standard InChI is InChI=1S/C10H17N3O4/c1-6(2)3-4-12-10(17)13-7(9(15)16)5-8(11)14/h3,7H,4-5H2,1-2H3,(H2,11,14)(H,15,16)(H2,12,13,17)/t7-/m0/s1. The van der Waals surface area contributed by atoms with Crippen molar-refractivity contribution in [3.05, 3.63) is 11.6 Å². The predicted molar refractivity (Wildman–Crippen MR) is 61.2 cm³/mol. The molecule has 5 N–H and O–H groups in total. The summed E-state index contributed by atoms with van der Waals surface area (Å²) in [4.78, 5) is 32.5. The number of aliphatic carboxylic acids is 1. The minimum absolute atomic E-state index is 0.289. The molecule has 0 aliphatic heterocycles. The van der Waals surface area contributed by atoms with Crippen LogP contribution in [0.25, 0.3) is 0 Å². The second-order valence-corrected chi connectivity index (χ2v) is 3.70. The van der Waals surface area contributed by atoms with Crippen molar-refractivity contribution in [3.63, 3.8) is 0 Å². The number of carbonyl (C=O) groups excluding carboxylic acids is 2. The van der Waals surface area contributed by atoms with E-state index < -0.39 is 30.4 Å². The highest BCUT2D eigenvalue weighted by Gasteiger charge is 2.21. The number of allylic oxidation sites excluding steroid dienone is 1. The Bertz CT molecular complexity index is 334. The molecule has 3 amide bonds. The van der Waals surface area contributed by atoms with E-state index in [2.05, 4.69) is 10.6 Å². The van der Waals surface area contributed by atoms with Crippen molar-refractivity contribution in [2.75, 3.05) is 6.54 Å². The van der Waals surface area contributed by atoms with Gasteiger partial charge in [0, 0.05) is 6.54 Å². The molecule has 0 saturated heterocycles. The maximum Gasteiger partial charge on any atom is 0.326 e. The van der Waals surface area contributed by atoms with Crippen LogP contribution in [0.2, 0.25) is 0 Å². The number of nitrogens with two attached hydrogens (primary N) is 1. The van der Waals surface area contributed by atoms with Gasteiger partial charge in [0.25, 0.3) is 0 Å². The smallest absolute Gasteiger partial charge is 0.326 e. The Morgan fingerprint density at radius 2 is 1.94 bits per heavy atom. The lowest BCUT2D eigenvalue weighted by Crippen LogP contribution is -2.47. The van der Waals surface area contributed by atoms with Crippen LogP contribution in [0.5, 0.6) is 0 Å². The molecule has 0 fully saturated rings. The monoisotopic (exact) mass is 243 g/mol. The van der Waals surface area contributed by atoms with Crippen LogP contribution in [0.3, 0.4) is 0 Å². The first-order valence-corrected chi connectivity index (χ1v) is 5.01. The number of carboxylic acid groups (broad SMARTS) is 1. The number of hydrogen-bond acceptors (Lipinski definition) is 3. The molecule has 17 heavy (non-hydrogen) atoms. The second-order valence-electron chi connectivity index (χ2n) is 3.70. The Morgan fingerprint density at radius 1 is 1.35 bits per heavy atom. The van der Waals surface area contributed by atoms with Crippen LogP contribution in [0.1, 0.15) is 20.3 Å². The summed E-state index contributed by atoms with van der Waals surface area (Å²) in [5.41, 5.74) is 5.89. The van der Waals surface area contributed by atoms with Crippen molar-refractivity contribution in [1.29, 1.82) is 0 Å². The summed E-state index contributed by atoms with van der Waals surface area (Å²) in [7, 11) is 0. The highest BCUT2D eigenvalue weighted by Crippen LogP contribution is 1.91.